The average Bonchev–Trinajstić information content (AvgIpc) is 1.69. The van der Waals surface area contributed by atoms with Gasteiger partial charge >= 0.3 is 0 Å². The van der Waals surface area contributed by atoms with Gasteiger partial charge in [0.25, 0.3) is 0 Å². The quantitative estimate of drug-likeness (QED) is 0.458. The lowest BCUT2D eigenvalue weighted by Crippen LogP contribution is -1.61. The largest absolute Gasteiger partial charge is 0.109 e. The van der Waals surface area contributed by atoms with Crippen LogP contribution in [0.25, 0.3) is 0 Å². The second-order valence-corrected chi connectivity index (χ2v) is 4.21. The van der Waals surface area contributed by atoms with Crippen LogP contribution in [0.5, 0.6) is 0 Å². The molecule has 44 valence electrons. The van der Waals surface area contributed by atoms with E-state index in [-0.39, 0.29) is 9.52 Å². The van der Waals surface area contributed by atoms with Crippen LogP contribution in [-0.4, -0.2) is 19.0 Å². The smallest absolute Gasteiger partial charge is 0.0415 e. The van der Waals surface area contributed by atoms with E-state index in [2.05, 4.69) is 26.2 Å². The molecule has 0 saturated heterocycles. The van der Waals surface area contributed by atoms with Crippen LogP contribution in [0.15, 0.2) is 12.3 Å². The van der Waals surface area contributed by atoms with Gasteiger partial charge in [0.1, 0.15) is 0 Å². The number of rotatable bonds is 1. The van der Waals surface area contributed by atoms with Gasteiger partial charge in [0.2, 0.25) is 0 Å². The Morgan fingerprint density at radius 2 is 1.43 bits per heavy atom. The number of hydrogen-bond acceptors (Lipinski definition) is 0. The molecule has 0 aliphatic heterocycles. The van der Waals surface area contributed by atoms with Gasteiger partial charge in [-0.25, -0.2) is 0 Å². The molecule has 0 rings (SSSR count). The third kappa shape index (κ3) is 78.1. The lowest BCUT2D eigenvalue weighted by atomic mass is 11.3. The van der Waals surface area contributed by atoms with Gasteiger partial charge in [-0.3, -0.25) is 0 Å². The summed E-state index contributed by atoms with van der Waals surface area (Å²) in [6.45, 7) is 10.3. The summed E-state index contributed by atoms with van der Waals surface area (Å²) >= 11 is 0. The summed E-state index contributed by atoms with van der Waals surface area (Å²) in [5, 5.41) is 0. The van der Waals surface area contributed by atoms with Crippen molar-refractivity contribution in [2.24, 2.45) is 0 Å². The van der Waals surface area contributed by atoms with Crippen LogP contribution >= 0.6 is 0 Å². The Bertz CT molecular complexity index is 27.3. The molecule has 0 unspecified atom stereocenters. The van der Waals surface area contributed by atoms with E-state index in [0.717, 1.165) is 0 Å². The van der Waals surface area contributed by atoms with E-state index in [0.29, 0.717) is 9.52 Å². The molecular weight excluding hydrogens is 116 g/mol. The third-order valence-corrected chi connectivity index (χ3v) is 0.866. The van der Waals surface area contributed by atoms with Gasteiger partial charge in [-0.15, -0.1) is 12.3 Å². The zero-order chi connectivity index (χ0) is 6.12. The molecule has 0 aliphatic rings. The Morgan fingerprint density at radius 1 is 1.29 bits per heavy atom. The molecule has 0 aromatic heterocycles. The Morgan fingerprint density at radius 3 is 1.43 bits per heavy atom. The molecule has 0 nitrogen and oxygen atoms in total. The van der Waals surface area contributed by atoms with Crippen molar-refractivity contribution in [3.05, 3.63) is 12.3 Å². The molecule has 0 atom stereocenters. The lowest BCUT2D eigenvalue weighted by molar-refractivity contribution is 2.14. The summed E-state index contributed by atoms with van der Waals surface area (Å²) in [5.74, 6) is 0. The summed E-state index contributed by atoms with van der Waals surface area (Å²) in [4.78, 5) is 0. The molecule has 0 aromatic rings. The molecule has 0 fully saturated rings. The highest BCUT2D eigenvalue weighted by Gasteiger charge is 1.48. The van der Waals surface area contributed by atoms with Gasteiger partial charge in [-0.05, 0) is 0 Å². The lowest BCUT2D eigenvalue weighted by Gasteiger charge is -1.55. The highest BCUT2D eigenvalue weighted by atomic mass is 28.2. The molecule has 0 aliphatic carbocycles. The fourth-order valence-electron chi connectivity index (χ4n) is 0. The molecule has 0 radical (unpaired) electrons. The highest BCUT2D eigenvalue weighted by Crippen LogP contribution is 1.48. The first-order chi connectivity index (χ1) is 3.33. The van der Waals surface area contributed by atoms with Crippen molar-refractivity contribution in [1.82, 2.24) is 0 Å². The predicted octanol–water partition coefficient (Wildman–Crippen LogP) is 0.598. The third-order valence-electron chi connectivity index (χ3n) is 0.289. The van der Waals surface area contributed by atoms with Crippen molar-refractivity contribution in [3.8, 4) is 0 Å². The van der Waals surface area contributed by atoms with Crippen LogP contribution in [-0.2, 0) is 0 Å². The maximum atomic E-state index is 3.54. The van der Waals surface area contributed by atoms with Gasteiger partial charge in [-0.1, -0.05) is 19.6 Å². The summed E-state index contributed by atoms with van der Waals surface area (Å²) in [6, 6.07) is 0. The molecule has 2 heteroatoms. The van der Waals surface area contributed by atoms with Crippen LogP contribution in [0.4, 0.5) is 0 Å². The van der Waals surface area contributed by atoms with Crippen LogP contribution in [0.1, 0.15) is 0 Å². The van der Waals surface area contributed by atoms with Crippen molar-refractivity contribution in [2.45, 2.75) is 19.6 Å². The van der Waals surface area contributed by atoms with Crippen LogP contribution in [0.2, 0.25) is 19.6 Å². The van der Waals surface area contributed by atoms with Gasteiger partial charge < -0.3 is 0 Å². The summed E-state index contributed by atoms with van der Waals surface area (Å²) in [6.07, 6.45) is 0. The minimum Gasteiger partial charge on any atom is -0.109 e. The van der Waals surface area contributed by atoms with Gasteiger partial charge in [0.05, 0.1) is 0 Å². The minimum absolute atomic E-state index is 0.188. The first-order valence-corrected chi connectivity index (χ1v) is 8.00. The first kappa shape index (κ1) is 10.2. The van der Waals surface area contributed by atoms with E-state index < -0.39 is 0 Å². The molecule has 0 heterocycles. The van der Waals surface area contributed by atoms with Gasteiger partial charge in [-0.2, -0.15) is 0 Å². The second kappa shape index (κ2) is 16.4. The van der Waals surface area contributed by atoms with Crippen molar-refractivity contribution >= 4 is 19.0 Å². The molecular formula is C5H16Si2. The Balaban J connectivity index is 0. The summed E-state index contributed by atoms with van der Waals surface area (Å²) < 4.78 is 0. The molecule has 7 heavy (non-hydrogen) atoms. The molecule has 0 amide bonds. The van der Waals surface area contributed by atoms with Crippen molar-refractivity contribution < 1.29 is 0 Å². The van der Waals surface area contributed by atoms with Crippen LogP contribution < -0.4 is 0 Å². The molecule has 0 bridgehead atoms. The second-order valence-electron chi connectivity index (χ2n) is 1.40. The van der Waals surface area contributed by atoms with Gasteiger partial charge in [0, 0.05) is 19.0 Å². The zero-order valence-corrected chi connectivity index (χ0v) is 8.53. The first-order valence-electron chi connectivity index (χ1n) is 2.94. The Hall–Kier alpha value is 0.174. The summed E-state index contributed by atoms with van der Waals surface area (Å²) in [7, 11) is 0.605. The zero-order valence-electron chi connectivity index (χ0n) is 5.70. The topological polar surface area (TPSA) is 0 Å². The normalized spacial score (nSPS) is 7.86. The molecule has 0 spiro atoms. The van der Waals surface area contributed by atoms with E-state index in [9.17, 15) is 0 Å². The fourth-order valence-corrected chi connectivity index (χ4v) is 0. The monoisotopic (exact) mass is 132 g/mol. The fraction of sp³-hybridized carbons (Fsp3) is 0.600. The van der Waals surface area contributed by atoms with Crippen LogP contribution in [0, 0.1) is 0 Å². The highest BCUT2D eigenvalue weighted by molar-refractivity contribution is 6.39. The number of hydrogen-bond donors (Lipinski definition) is 0. The van der Waals surface area contributed by atoms with Crippen molar-refractivity contribution in [3.63, 3.8) is 0 Å². The SMILES string of the molecule is C=C[SiH2]C.C[SiH2]C. The van der Waals surface area contributed by atoms with Gasteiger partial charge in [0.15, 0.2) is 0 Å². The Kier molecular flexibility index (Phi) is 23.9. The van der Waals surface area contributed by atoms with Crippen molar-refractivity contribution in [1.29, 1.82) is 0 Å². The average molecular weight is 132 g/mol. The predicted molar refractivity (Wildman–Crippen MR) is 44.9 cm³/mol. The van der Waals surface area contributed by atoms with E-state index in [1.807, 2.05) is 5.70 Å². The summed E-state index contributed by atoms with van der Waals surface area (Å²) in [5.41, 5.74) is 2.01. The minimum atomic E-state index is 0.188. The standard InChI is InChI=1S/C3H8Si.C2H8Si/c1-3-4-2;1-3-2/h3H,1,4H2,2H3;3H2,1-2H3. The van der Waals surface area contributed by atoms with E-state index in [4.69, 9.17) is 0 Å². The Labute approximate surface area is 51.7 Å². The maximum Gasteiger partial charge on any atom is 0.0415 e. The van der Waals surface area contributed by atoms with E-state index in [1.165, 1.54) is 0 Å². The van der Waals surface area contributed by atoms with E-state index in [1.54, 1.807) is 0 Å². The molecule has 0 aromatic carbocycles. The maximum absolute atomic E-state index is 3.54. The molecule has 0 N–H and O–H groups in total. The van der Waals surface area contributed by atoms with E-state index >= 15 is 0 Å². The molecule has 0 saturated carbocycles. The van der Waals surface area contributed by atoms with Crippen LogP contribution in [0.3, 0.4) is 0 Å². The van der Waals surface area contributed by atoms with Crippen molar-refractivity contribution in [2.75, 3.05) is 0 Å².